The molecule has 0 aliphatic heterocycles. The molecule has 0 aromatic rings. The highest BCUT2D eigenvalue weighted by Crippen LogP contribution is 2.33. The minimum atomic E-state index is -2.17. The molecular formula is C5H6Cl4N2O4. The van der Waals surface area contributed by atoms with Crippen molar-refractivity contribution in [3.63, 3.8) is 0 Å². The quantitative estimate of drug-likeness (QED) is 0.326. The van der Waals surface area contributed by atoms with Crippen LogP contribution >= 0.6 is 46.4 Å². The van der Waals surface area contributed by atoms with Gasteiger partial charge in [0.25, 0.3) is 0 Å². The van der Waals surface area contributed by atoms with Crippen molar-refractivity contribution >= 4 is 46.4 Å². The molecule has 0 aliphatic carbocycles. The van der Waals surface area contributed by atoms with Crippen molar-refractivity contribution in [2.75, 3.05) is 0 Å². The summed E-state index contributed by atoms with van der Waals surface area (Å²) >= 11 is 21.2. The van der Waals surface area contributed by atoms with Crippen LogP contribution in [-0.4, -0.2) is 18.8 Å². The van der Waals surface area contributed by atoms with Crippen LogP contribution in [0.25, 0.3) is 0 Å². The van der Waals surface area contributed by atoms with Gasteiger partial charge in [0.05, 0.1) is 9.85 Å². The Hall–Kier alpha value is -0.0400. The van der Waals surface area contributed by atoms with Gasteiger partial charge in [0.1, 0.15) is 0 Å². The molecule has 0 aliphatic rings. The highest BCUT2D eigenvalue weighted by Gasteiger charge is 2.41. The van der Waals surface area contributed by atoms with E-state index in [0.717, 1.165) is 0 Å². The highest BCUT2D eigenvalue weighted by atomic mass is 35.5. The van der Waals surface area contributed by atoms with Gasteiger partial charge in [-0.3, -0.25) is 20.2 Å². The number of hydrogen-bond acceptors (Lipinski definition) is 4. The molecule has 0 saturated carbocycles. The van der Waals surface area contributed by atoms with Gasteiger partial charge in [-0.2, -0.15) is 0 Å². The van der Waals surface area contributed by atoms with Crippen LogP contribution in [0.5, 0.6) is 0 Å². The number of hydrogen-bond donors (Lipinski definition) is 0. The van der Waals surface area contributed by atoms with Gasteiger partial charge in [-0.25, -0.2) is 0 Å². The van der Waals surface area contributed by atoms with Crippen LogP contribution in [0.15, 0.2) is 0 Å². The first-order valence-electron chi connectivity index (χ1n) is 3.64. The summed E-state index contributed by atoms with van der Waals surface area (Å²) in [5.74, 6) is 0. The summed E-state index contributed by atoms with van der Waals surface area (Å²) in [6.45, 7) is 0. The maximum absolute atomic E-state index is 10.3. The predicted octanol–water partition coefficient (Wildman–Crippen LogP) is 2.97. The molecule has 0 fully saturated rings. The number of rotatable bonds is 6. The van der Waals surface area contributed by atoms with E-state index in [0.29, 0.717) is 0 Å². The molecule has 0 aromatic heterocycles. The van der Waals surface area contributed by atoms with Crippen LogP contribution < -0.4 is 0 Å². The number of halogens is 4. The summed E-state index contributed by atoms with van der Waals surface area (Å²) in [5.41, 5.74) is 0. The molecule has 0 N–H and O–H groups in total. The van der Waals surface area contributed by atoms with E-state index in [2.05, 4.69) is 0 Å². The average Bonchev–Trinajstić information content (AvgIpc) is 2.02. The first-order valence-corrected chi connectivity index (χ1v) is 5.15. The van der Waals surface area contributed by atoms with Crippen molar-refractivity contribution in [3.8, 4) is 0 Å². The second-order valence-electron chi connectivity index (χ2n) is 2.70. The summed E-state index contributed by atoms with van der Waals surface area (Å²) in [6, 6.07) is 0. The SMILES string of the molecule is O=[N+]([O-])C(Cl)(Cl)CCCC(Cl)(Cl)[N+](=O)[O-]. The Kier molecular flexibility index (Phi) is 5.32. The third-order valence-corrected chi connectivity index (χ3v) is 2.80. The molecule has 15 heavy (non-hydrogen) atoms. The number of nitro groups is 2. The molecule has 0 amide bonds. The third kappa shape index (κ3) is 5.01. The Balaban J connectivity index is 4.11. The molecule has 0 atom stereocenters. The van der Waals surface area contributed by atoms with Crippen LogP contribution in [0.2, 0.25) is 0 Å². The van der Waals surface area contributed by atoms with Crippen molar-refractivity contribution in [2.24, 2.45) is 0 Å². The van der Waals surface area contributed by atoms with Crippen molar-refractivity contribution in [1.82, 2.24) is 0 Å². The lowest BCUT2D eigenvalue weighted by molar-refractivity contribution is -0.522. The van der Waals surface area contributed by atoms with E-state index in [4.69, 9.17) is 46.4 Å². The summed E-state index contributed by atoms with van der Waals surface area (Å²) in [5, 5.41) is 20.5. The van der Waals surface area contributed by atoms with Crippen LogP contribution in [0.1, 0.15) is 19.3 Å². The average molecular weight is 300 g/mol. The third-order valence-electron chi connectivity index (χ3n) is 1.49. The summed E-state index contributed by atoms with van der Waals surface area (Å²) in [7, 11) is 0. The van der Waals surface area contributed by atoms with Crippen LogP contribution in [0.4, 0.5) is 0 Å². The molecule has 0 aromatic carbocycles. The monoisotopic (exact) mass is 298 g/mol. The fraction of sp³-hybridized carbons (Fsp3) is 1.00. The molecule has 0 radical (unpaired) electrons. The molecule has 6 nitrogen and oxygen atoms in total. The summed E-state index contributed by atoms with van der Waals surface area (Å²) < 4.78 is -4.33. The molecule has 0 unspecified atom stereocenters. The van der Waals surface area contributed by atoms with Crippen molar-refractivity contribution in [1.29, 1.82) is 0 Å². The minimum absolute atomic E-state index is 0.0397. The van der Waals surface area contributed by atoms with Gasteiger partial charge < -0.3 is 0 Å². The lowest BCUT2D eigenvalue weighted by Crippen LogP contribution is -2.28. The van der Waals surface area contributed by atoms with Gasteiger partial charge in [-0.15, -0.1) is 0 Å². The molecule has 0 heterocycles. The van der Waals surface area contributed by atoms with E-state index in [1.165, 1.54) is 0 Å². The Morgan fingerprint density at radius 1 is 0.867 bits per heavy atom. The van der Waals surface area contributed by atoms with E-state index < -0.39 is 18.8 Å². The zero-order valence-corrected chi connectivity index (χ0v) is 10.2. The maximum atomic E-state index is 10.3. The first kappa shape index (κ1) is 15.0. The van der Waals surface area contributed by atoms with E-state index in [1.807, 2.05) is 0 Å². The molecule has 0 spiro atoms. The maximum Gasteiger partial charge on any atom is 0.370 e. The van der Waals surface area contributed by atoms with Crippen LogP contribution in [0.3, 0.4) is 0 Å². The van der Waals surface area contributed by atoms with Gasteiger partial charge in [0.15, 0.2) is 0 Å². The number of alkyl halides is 4. The van der Waals surface area contributed by atoms with Gasteiger partial charge in [-0.1, -0.05) is 0 Å². The fourth-order valence-corrected chi connectivity index (χ4v) is 1.23. The van der Waals surface area contributed by atoms with Crippen molar-refractivity contribution in [3.05, 3.63) is 20.2 Å². The van der Waals surface area contributed by atoms with Crippen molar-refractivity contribution in [2.45, 2.75) is 28.2 Å². The number of nitrogens with zero attached hydrogens (tertiary/aromatic N) is 2. The smallest absolute Gasteiger partial charge is 0.261 e. The molecule has 10 heteroatoms. The second kappa shape index (κ2) is 5.34. The summed E-state index contributed by atoms with van der Waals surface area (Å²) in [4.78, 5) is 18.7. The summed E-state index contributed by atoms with van der Waals surface area (Å²) in [6.07, 6.45) is -0.599. The largest absolute Gasteiger partial charge is 0.370 e. The lowest BCUT2D eigenvalue weighted by Gasteiger charge is -2.12. The molecular weight excluding hydrogens is 294 g/mol. The van der Waals surface area contributed by atoms with E-state index in [1.54, 1.807) is 0 Å². The normalized spacial score (nSPS) is 12.5. The lowest BCUT2D eigenvalue weighted by atomic mass is 10.2. The Bertz CT molecular complexity index is 244. The second-order valence-corrected chi connectivity index (χ2v) is 5.59. The van der Waals surface area contributed by atoms with Gasteiger partial charge in [0, 0.05) is 12.8 Å². The van der Waals surface area contributed by atoms with E-state index in [9.17, 15) is 20.2 Å². The topological polar surface area (TPSA) is 86.3 Å². The molecule has 0 rings (SSSR count). The predicted molar refractivity (Wildman–Crippen MR) is 56.7 cm³/mol. The zero-order chi connectivity index (χ0) is 12.3. The van der Waals surface area contributed by atoms with Crippen LogP contribution in [0, 0.1) is 20.2 Å². The standard InChI is InChI=1S/C5H6Cl4N2O4/c6-4(7,10(12)13)2-1-3-5(8,9)11(14)15/h1-3H2. The van der Waals surface area contributed by atoms with Gasteiger partial charge in [0.2, 0.25) is 0 Å². The zero-order valence-electron chi connectivity index (χ0n) is 7.16. The molecule has 0 bridgehead atoms. The Morgan fingerprint density at radius 2 is 1.13 bits per heavy atom. The van der Waals surface area contributed by atoms with Gasteiger partial charge >= 0.3 is 8.91 Å². The fourth-order valence-electron chi connectivity index (χ4n) is 0.696. The van der Waals surface area contributed by atoms with E-state index in [-0.39, 0.29) is 19.3 Å². The Morgan fingerprint density at radius 3 is 1.33 bits per heavy atom. The van der Waals surface area contributed by atoms with Crippen molar-refractivity contribution < 1.29 is 9.85 Å². The van der Waals surface area contributed by atoms with Gasteiger partial charge in [-0.05, 0) is 52.8 Å². The minimum Gasteiger partial charge on any atom is -0.261 e. The molecule has 0 saturated heterocycles. The first-order chi connectivity index (χ1) is 6.59. The Labute approximate surface area is 105 Å². The van der Waals surface area contributed by atoms with Crippen LogP contribution in [-0.2, 0) is 0 Å². The van der Waals surface area contributed by atoms with E-state index >= 15 is 0 Å². The highest BCUT2D eigenvalue weighted by molar-refractivity contribution is 6.47. The molecule has 88 valence electrons.